The van der Waals surface area contributed by atoms with Gasteiger partial charge in [-0.25, -0.2) is 0 Å². The number of aromatic nitrogens is 1. The molecule has 1 aromatic rings. The molecule has 0 fully saturated rings. The van der Waals surface area contributed by atoms with Gasteiger partial charge in [0.25, 0.3) is 5.56 Å². The van der Waals surface area contributed by atoms with Gasteiger partial charge >= 0.3 is 0 Å². The normalized spacial score (nSPS) is 12.2. The highest BCUT2D eigenvalue weighted by Crippen LogP contribution is 2.12. The van der Waals surface area contributed by atoms with Crippen LogP contribution in [0.1, 0.15) is 19.4 Å². The van der Waals surface area contributed by atoms with Gasteiger partial charge in [0, 0.05) is 25.4 Å². The number of nitrogens with two attached hydrogens (primary N) is 1. The van der Waals surface area contributed by atoms with Crippen LogP contribution >= 0.6 is 11.6 Å². The van der Waals surface area contributed by atoms with Gasteiger partial charge in [0.1, 0.15) is 6.04 Å². The Kier molecular flexibility index (Phi) is 5.18. The molecule has 3 N–H and O–H groups in total. The Balaban J connectivity index is 2.97. The minimum atomic E-state index is -0.548. The third-order valence-corrected chi connectivity index (χ3v) is 2.59. The van der Waals surface area contributed by atoms with Gasteiger partial charge in [0.15, 0.2) is 0 Å². The largest absolute Gasteiger partial charge is 0.353 e. The number of hydrogen-bond donors (Lipinski definition) is 2. The van der Waals surface area contributed by atoms with E-state index in [1.807, 2.05) is 6.92 Å². The predicted octanol–water partition coefficient (Wildman–Crippen LogP) is 0.528. The van der Waals surface area contributed by atoms with Crippen molar-refractivity contribution in [1.82, 2.24) is 9.88 Å². The summed E-state index contributed by atoms with van der Waals surface area (Å²) in [6, 6.07) is 2.30. The van der Waals surface area contributed by atoms with E-state index in [9.17, 15) is 9.59 Å². The summed E-state index contributed by atoms with van der Waals surface area (Å²) in [5.74, 6) is -0.220. The van der Waals surface area contributed by atoms with E-state index in [-0.39, 0.29) is 11.5 Å². The fourth-order valence-corrected chi connectivity index (χ4v) is 1.71. The molecule has 0 radical (unpaired) electrons. The number of pyridine rings is 1. The molecule has 5 nitrogen and oxygen atoms in total. The second kappa shape index (κ2) is 6.42. The Morgan fingerprint density at radius 2 is 2.29 bits per heavy atom. The van der Waals surface area contributed by atoms with Gasteiger partial charge in [-0.2, -0.15) is 0 Å². The van der Waals surface area contributed by atoms with Crippen molar-refractivity contribution in [2.75, 3.05) is 13.1 Å². The van der Waals surface area contributed by atoms with E-state index in [0.717, 1.165) is 0 Å². The third kappa shape index (κ3) is 3.57. The molecule has 0 aliphatic rings. The van der Waals surface area contributed by atoms with E-state index in [1.54, 1.807) is 0 Å². The van der Waals surface area contributed by atoms with Crippen molar-refractivity contribution in [3.63, 3.8) is 0 Å². The highest BCUT2D eigenvalue weighted by atomic mass is 35.5. The van der Waals surface area contributed by atoms with Crippen molar-refractivity contribution < 1.29 is 4.79 Å². The average molecular weight is 258 g/mol. The number of rotatable bonds is 5. The topological polar surface area (TPSA) is 77.1 Å². The Labute approximate surface area is 105 Å². The van der Waals surface area contributed by atoms with Crippen LogP contribution in [-0.2, 0) is 4.79 Å². The molecule has 0 saturated carbocycles. The molecule has 0 aromatic carbocycles. The summed E-state index contributed by atoms with van der Waals surface area (Å²) in [5.41, 5.74) is 5.06. The molecule has 0 saturated heterocycles. The quantitative estimate of drug-likeness (QED) is 0.808. The molecular weight excluding hydrogens is 242 g/mol. The van der Waals surface area contributed by atoms with Crippen LogP contribution in [0.2, 0.25) is 5.02 Å². The van der Waals surface area contributed by atoms with Crippen LogP contribution in [-0.4, -0.2) is 23.6 Å². The lowest BCUT2D eigenvalue weighted by Gasteiger charge is -2.17. The van der Waals surface area contributed by atoms with Crippen molar-refractivity contribution in [2.45, 2.75) is 19.4 Å². The van der Waals surface area contributed by atoms with Crippen LogP contribution in [0.3, 0.4) is 0 Å². The van der Waals surface area contributed by atoms with Gasteiger partial charge in [-0.15, -0.1) is 0 Å². The van der Waals surface area contributed by atoms with Crippen molar-refractivity contribution in [2.24, 2.45) is 5.73 Å². The number of nitrogens with zero attached hydrogens (tertiary/aromatic N) is 1. The predicted molar refractivity (Wildman–Crippen MR) is 67.1 cm³/mol. The first-order valence-corrected chi connectivity index (χ1v) is 5.83. The fourth-order valence-electron chi connectivity index (χ4n) is 1.54. The van der Waals surface area contributed by atoms with Gasteiger partial charge in [0.05, 0.1) is 5.02 Å². The minimum Gasteiger partial charge on any atom is -0.353 e. The number of carbonyl (C=O) groups is 1. The lowest BCUT2D eigenvalue weighted by molar-refractivity contribution is -0.124. The highest BCUT2D eigenvalue weighted by Gasteiger charge is 2.18. The van der Waals surface area contributed by atoms with E-state index in [1.165, 1.54) is 22.9 Å². The van der Waals surface area contributed by atoms with Gasteiger partial charge in [-0.05, 0) is 12.5 Å². The van der Waals surface area contributed by atoms with E-state index in [0.29, 0.717) is 24.5 Å². The Hall–Kier alpha value is -1.33. The number of amides is 1. The Bertz CT molecular complexity index is 445. The zero-order chi connectivity index (χ0) is 12.8. The molecule has 0 aliphatic heterocycles. The second-order valence-electron chi connectivity index (χ2n) is 3.60. The van der Waals surface area contributed by atoms with Crippen LogP contribution < -0.4 is 16.6 Å². The van der Waals surface area contributed by atoms with Gasteiger partial charge < -0.3 is 15.6 Å². The second-order valence-corrected chi connectivity index (χ2v) is 4.03. The monoisotopic (exact) mass is 257 g/mol. The van der Waals surface area contributed by atoms with Crippen molar-refractivity contribution in [1.29, 1.82) is 0 Å². The number of nitrogens with one attached hydrogen (secondary N) is 1. The maximum Gasteiger partial charge on any atom is 0.251 e. The lowest BCUT2D eigenvalue weighted by Crippen LogP contribution is -2.38. The first-order chi connectivity index (χ1) is 8.10. The van der Waals surface area contributed by atoms with E-state index in [2.05, 4.69) is 5.32 Å². The number of carbonyl (C=O) groups excluding carboxylic acids is 1. The van der Waals surface area contributed by atoms with Gasteiger partial charge in [0.2, 0.25) is 5.91 Å². The standard InChI is InChI=1S/C11H16ClN3O2/c1-2-9(11(17)14-6-5-13)15-7-8(12)3-4-10(15)16/h3-4,7,9H,2,5-6,13H2,1H3,(H,14,17). The minimum absolute atomic E-state index is 0.220. The summed E-state index contributed by atoms with van der Waals surface area (Å²) >= 11 is 5.82. The fraction of sp³-hybridized carbons (Fsp3) is 0.455. The Morgan fingerprint density at radius 3 is 2.88 bits per heavy atom. The van der Waals surface area contributed by atoms with Crippen LogP contribution in [0.15, 0.2) is 23.1 Å². The molecule has 17 heavy (non-hydrogen) atoms. The number of halogens is 1. The molecular formula is C11H16ClN3O2. The smallest absolute Gasteiger partial charge is 0.251 e. The summed E-state index contributed by atoms with van der Waals surface area (Å²) in [6.45, 7) is 2.59. The average Bonchev–Trinajstić information content (AvgIpc) is 2.32. The molecule has 1 rings (SSSR count). The van der Waals surface area contributed by atoms with Crippen molar-refractivity contribution in [3.05, 3.63) is 33.7 Å². The molecule has 6 heteroatoms. The first kappa shape index (κ1) is 13.7. The van der Waals surface area contributed by atoms with Gasteiger partial charge in [-0.3, -0.25) is 9.59 Å². The molecule has 0 spiro atoms. The maximum atomic E-state index is 11.8. The molecule has 1 unspecified atom stereocenters. The highest BCUT2D eigenvalue weighted by molar-refractivity contribution is 6.30. The molecule has 1 heterocycles. The molecule has 0 bridgehead atoms. The van der Waals surface area contributed by atoms with Crippen LogP contribution in [0.25, 0.3) is 0 Å². The van der Waals surface area contributed by atoms with Crippen molar-refractivity contribution in [3.8, 4) is 0 Å². The van der Waals surface area contributed by atoms with Crippen LogP contribution in [0, 0.1) is 0 Å². The summed E-state index contributed by atoms with van der Waals surface area (Å²) in [7, 11) is 0. The van der Waals surface area contributed by atoms with Gasteiger partial charge in [-0.1, -0.05) is 18.5 Å². The van der Waals surface area contributed by atoms with Crippen LogP contribution in [0.4, 0.5) is 0 Å². The Morgan fingerprint density at radius 1 is 1.59 bits per heavy atom. The maximum absolute atomic E-state index is 11.8. The van der Waals surface area contributed by atoms with Crippen molar-refractivity contribution >= 4 is 17.5 Å². The van der Waals surface area contributed by atoms with Crippen LogP contribution in [0.5, 0.6) is 0 Å². The number of hydrogen-bond acceptors (Lipinski definition) is 3. The lowest BCUT2D eigenvalue weighted by atomic mass is 10.2. The molecule has 1 aromatic heterocycles. The summed E-state index contributed by atoms with van der Waals surface area (Å²) in [6.07, 6.45) is 1.98. The summed E-state index contributed by atoms with van der Waals surface area (Å²) in [5, 5.41) is 3.09. The molecule has 1 amide bonds. The zero-order valence-corrected chi connectivity index (χ0v) is 10.4. The van der Waals surface area contributed by atoms with E-state index >= 15 is 0 Å². The third-order valence-electron chi connectivity index (χ3n) is 2.37. The molecule has 0 aliphatic carbocycles. The van der Waals surface area contributed by atoms with E-state index in [4.69, 9.17) is 17.3 Å². The zero-order valence-electron chi connectivity index (χ0n) is 9.65. The first-order valence-electron chi connectivity index (χ1n) is 5.45. The SMILES string of the molecule is CCC(C(=O)NCCN)n1cc(Cl)ccc1=O. The molecule has 94 valence electrons. The summed E-state index contributed by atoms with van der Waals surface area (Å²) < 4.78 is 1.34. The summed E-state index contributed by atoms with van der Waals surface area (Å²) in [4.78, 5) is 23.5. The van der Waals surface area contributed by atoms with E-state index < -0.39 is 6.04 Å². The molecule has 1 atom stereocenters.